The zero-order valence-electron chi connectivity index (χ0n) is 7.27. The van der Waals surface area contributed by atoms with Gasteiger partial charge in [0, 0.05) is 27.1 Å². The van der Waals surface area contributed by atoms with Crippen LogP contribution in [-0.2, 0) is 21.1 Å². The maximum absolute atomic E-state index is 5.00. The molecule has 2 heteroatoms. The SMILES string of the molecule is C#CC[Si](C)C.C[CH-]C.[W]. The summed E-state index contributed by atoms with van der Waals surface area (Å²) >= 11 is 0. The van der Waals surface area contributed by atoms with E-state index in [1.807, 2.05) is 20.3 Å². The first-order chi connectivity index (χ1) is 4.18. The quantitative estimate of drug-likeness (QED) is 0.395. The molecule has 0 rings (SSSR count). The van der Waals surface area contributed by atoms with Crippen LogP contribution in [0.5, 0.6) is 0 Å². The van der Waals surface area contributed by atoms with Crippen molar-refractivity contribution in [1.82, 2.24) is 0 Å². The second-order valence-electron chi connectivity index (χ2n) is 2.17. The average molecular weight is 324 g/mol. The Balaban J connectivity index is -0.000000107. The summed E-state index contributed by atoms with van der Waals surface area (Å²) < 4.78 is 0. The van der Waals surface area contributed by atoms with Gasteiger partial charge in [-0.15, -0.1) is 12.3 Å². The predicted octanol–water partition coefficient (Wildman–Crippen LogP) is 2.60. The molecule has 0 unspecified atom stereocenters. The van der Waals surface area contributed by atoms with Crippen molar-refractivity contribution in [2.75, 3.05) is 0 Å². The fourth-order valence-electron chi connectivity index (χ4n) is 0.204. The summed E-state index contributed by atoms with van der Waals surface area (Å²) in [6, 6.07) is 1.00. The number of hydrogen-bond donors (Lipinski definition) is 0. The Morgan fingerprint density at radius 3 is 1.70 bits per heavy atom. The molecule has 0 bridgehead atoms. The van der Waals surface area contributed by atoms with Crippen molar-refractivity contribution in [3.05, 3.63) is 6.42 Å². The minimum atomic E-state index is -0.122. The topological polar surface area (TPSA) is 0 Å². The predicted molar refractivity (Wildman–Crippen MR) is 46.8 cm³/mol. The van der Waals surface area contributed by atoms with E-state index in [1.54, 1.807) is 0 Å². The van der Waals surface area contributed by atoms with Gasteiger partial charge in [0.15, 0.2) is 0 Å². The molecule has 0 saturated carbocycles. The average Bonchev–Trinajstić information content (AvgIpc) is 1.67. The fraction of sp³-hybridized carbons (Fsp3) is 0.625. The minimum Gasteiger partial charge on any atom is -0.335 e. The largest absolute Gasteiger partial charge is 0.335 e. The molecule has 0 aromatic carbocycles. The van der Waals surface area contributed by atoms with Crippen LogP contribution in [0.2, 0.25) is 19.1 Å². The molecule has 10 heavy (non-hydrogen) atoms. The first kappa shape index (κ1) is 16.8. The Hall–Kier alpha value is 0.465. The second kappa shape index (κ2) is 16.2. The van der Waals surface area contributed by atoms with Crippen LogP contribution in [0, 0.1) is 18.8 Å². The Kier molecular flexibility index (Phi) is 27.3. The monoisotopic (exact) mass is 324 g/mol. The van der Waals surface area contributed by atoms with E-state index in [2.05, 4.69) is 19.0 Å². The zero-order chi connectivity index (χ0) is 7.70. The van der Waals surface area contributed by atoms with Gasteiger partial charge in [0.25, 0.3) is 0 Å². The zero-order valence-corrected chi connectivity index (χ0v) is 11.2. The number of rotatable bonds is 1. The third kappa shape index (κ3) is 39.3. The molecule has 0 N–H and O–H groups in total. The van der Waals surface area contributed by atoms with Gasteiger partial charge < -0.3 is 6.42 Å². The summed E-state index contributed by atoms with van der Waals surface area (Å²) in [4.78, 5) is 0. The fourth-order valence-corrected chi connectivity index (χ4v) is 0.612. The number of terminal acetylenes is 1. The van der Waals surface area contributed by atoms with E-state index in [1.165, 1.54) is 0 Å². The van der Waals surface area contributed by atoms with Crippen LogP contribution in [0.4, 0.5) is 0 Å². The molecular formula is C8H16SiW-. The summed E-state index contributed by atoms with van der Waals surface area (Å²) in [5.74, 6) is 2.61. The van der Waals surface area contributed by atoms with Crippen LogP contribution in [0.1, 0.15) is 13.8 Å². The Labute approximate surface area is 81.7 Å². The van der Waals surface area contributed by atoms with Crippen molar-refractivity contribution in [1.29, 1.82) is 0 Å². The van der Waals surface area contributed by atoms with E-state index in [4.69, 9.17) is 6.42 Å². The summed E-state index contributed by atoms with van der Waals surface area (Å²) in [6.07, 6.45) is 7.00. The van der Waals surface area contributed by atoms with Crippen molar-refractivity contribution < 1.29 is 21.1 Å². The van der Waals surface area contributed by atoms with Crippen LogP contribution in [0.3, 0.4) is 0 Å². The molecular weight excluding hydrogens is 308 g/mol. The van der Waals surface area contributed by atoms with Crippen LogP contribution >= 0.6 is 0 Å². The van der Waals surface area contributed by atoms with E-state index in [0.29, 0.717) is 0 Å². The van der Waals surface area contributed by atoms with Crippen molar-refractivity contribution in [2.24, 2.45) is 0 Å². The molecule has 0 nitrogen and oxygen atoms in total. The summed E-state index contributed by atoms with van der Waals surface area (Å²) in [5, 5.41) is 0. The molecule has 1 radical (unpaired) electrons. The molecule has 0 aromatic rings. The first-order valence-electron chi connectivity index (χ1n) is 3.15. The summed E-state index contributed by atoms with van der Waals surface area (Å²) in [6.45, 7) is 8.43. The smallest absolute Gasteiger partial charge is 0.0555 e. The Bertz CT molecular complexity index is 73.8. The molecule has 0 fully saturated rings. The van der Waals surface area contributed by atoms with E-state index in [0.717, 1.165) is 6.04 Å². The van der Waals surface area contributed by atoms with E-state index < -0.39 is 0 Å². The normalized spacial score (nSPS) is 6.80. The number of hydrogen-bond acceptors (Lipinski definition) is 0. The van der Waals surface area contributed by atoms with E-state index in [9.17, 15) is 0 Å². The van der Waals surface area contributed by atoms with Gasteiger partial charge in [0.2, 0.25) is 0 Å². The maximum atomic E-state index is 5.00. The van der Waals surface area contributed by atoms with Crippen molar-refractivity contribution >= 4 is 8.80 Å². The molecule has 0 aliphatic heterocycles. The molecule has 0 aliphatic carbocycles. The standard InChI is InChI=1S/C5H9Si.C3H7.W/c1-4-5-6(2)3;1-3-2;/h1H,5H2,2-3H3;3H,1-2H3;/q;-1;. The van der Waals surface area contributed by atoms with Gasteiger partial charge in [-0.25, -0.2) is 0 Å². The van der Waals surface area contributed by atoms with Crippen LogP contribution in [0.25, 0.3) is 0 Å². The summed E-state index contributed by atoms with van der Waals surface area (Å²) in [7, 11) is -0.122. The van der Waals surface area contributed by atoms with Crippen LogP contribution in [0.15, 0.2) is 0 Å². The molecule has 0 atom stereocenters. The molecule has 0 saturated heterocycles. The Morgan fingerprint density at radius 1 is 1.40 bits per heavy atom. The van der Waals surface area contributed by atoms with Crippen molar-refractivity contribution in [3.8, 4) is 12.3 Å². The van der Waals surface area contributed by atoms with Crippen LogP contribution < -0.4 is 0 Å². The van der Waals surface area contributed by atoms with Crippen molar-refractivity contribution in [2.45, 2.75) is 33.0 Å². The van der Waals surface area contributed by atoms with Crippen LogP contribution in [-0.4, -0.2) is 8.80 Å². The van der Waals surface area contributed by atoms with Gasteiger partial charge >= 0.3 is 0 Å². The van der Waals surface area contributed by atoms with Gasteiger partial charge in [-0.3, -0.25) is 0 Å². The second-order valence-corrected chi connectivity index (χ2v) is 4.93. The minimum absolute atomic E-state index is 0. The molecule has 0 amide bonds. The molecule has 0 heterocycles. The van der Waals surface area contributed by atoms with Gasteiger partial charge in [-0.1, -0.05) is 13.1 Å². The third-order valence-corrected chi connectivity index (χ3v) is 1.37. The summed E-state index contributed by atoms with van der Waals surface area (Å²) in [5.41, 5.74) is 0. The van der Waals surface area contributed by atoms with Gasteiger partial charge in [-0.2, -0.15) is 13.8 Å². The molecule has 0 spiro atoms. The van der Waals surface area contributed by atoms with E-state index >= 15 is 0 Å². The molecule has 0 aromatic heterocycles. The first-order valence-corrected chi connectivity index (χ1v) is 5.86. The van der Waals surface area contributed by atoms with Gasteiger partial charge in [0.05, 0.1) is 8.80 Å². The third-order valence-electron chi connectivity index (χ3n) is 0.456. The van der Waals surface area contributed by atoms with Gasteiger partial charge in [0.1, 0.15) is 0 Å². The van der Waals surface area contributed by atoms with Gasteiger partial charge in [-0.05, 0) is 0 Å². The van der Waals surface area contributed by atoms with Crippen molar-refractivity contribution in [3.63, 3.8) is 0 Å². The molecule has 59 valence electrons. The molecule has 0 aliphatic rings. The maximum Gasteiger partial charge on any atom is 0.0555 e. The Morgan fingerprint density at radius 2 is 1.70 bits per heavy atom. The van der Waals surface area contributed by atoms with E-state index in [-0.39, 0.29) is 29.9 Å².